The van der Waals surface area contributed by atoms with Gasteiger partial charge in [0.2, 0.25) is 0 Å². The molecule has 0 saturated carbocycles. The van der Waals surface area contributed by atoms with E-state index < -0.39 is 0 Å². The molecule has 0 amide bonds. The van der Waals surface area contributed by atoms with Gasteiger partial charge in [-0.2, -0.15) is 7.05 Å². The lowest BCUT2D eigenvalue weighted by molar-refractivity contribution is -0.593. The fraction of sp³-hybridized carbons (Fsp3) is 0.833. The number of methoxy groups -OCH3 is 1. The van der Waals surface area contributed by atoms with Crippen molar-refractivity contribution in [2.45, 2.75) is 0 Å². The van der Waals surface area contributed by atoms with Crippen LogP contribution >= 0.6 is 0 Å². The second-order valence-corrected chi connectivity index (χ2v) is 1.82. The molecule has 0 saturated heterocycles. The molecule has 0 bridgehead atoms. The first kappa shape index (κ1) is 8.88. The van der Waals surface area contributed by atoms with Crippen LogP contribution < -0.4 is 10.6 Å². The number of quaternary nitrogens is 1. The second-order valence-electron chi connectivity index (χ2n) is 1.82. The molecule has 0 atom stereocenters. The predicted molar refractivity (Wildman–Crippen MR) is 36.9 cm³/mol. The summed E-state index contributed by atoms with van der Waals surface area (Å²) in [6, 6.07) is 0. The van der Waals surface area contributed by atoms with Crippen LogP contribution in [-0.4, -0.2) is 33.4 Å². The molecule has 0 radical (unpaired) electrons. The molecule has 0 rings (SSSR count). The molecule has 0 aromatic rings. The Hall–Kier alpha value is -0.120. The minimum absolute atomic E-state index is 0.789. The van der Waals surface area contributed by atoms with E-state index in [-0.39, 0.29) is 0 Å². The normalized spacial score (nSPS) is 10.0. The lowest BCUT2D eigenvalue weighted by Crippen LogP contribution is -2.78. The Morgan fingerprint density at radius 1 is 1.56 bits per heavy atom. The van der Waals surface area contributed by atoms with E-state index in [0.29, 0.717) is 0 Å². The molecule has 56 valence electrons. The Labute approximate surface area is 56.8 Å². The molecule has 0 aliphatic carbocycles. The zero-order valence-electron chi connectivity index (χ0n) is 6.02. The summed E-state index contributed by atoms with van der Waals surface area (Å²) in [5.74, 6) is 0. The highest BCUT2D eigenvalue weighted by Crippen LogP contribution is 1.61. The minimum Gasteiger partial charge on any atom is -0.478 e. The Morgan fingerprint density at radius 2 is 2.33 bits per heavy atom. The van der Waals surface area contributed by atoms with Gasteiger partial charge < -0.3 is 15.4 Å². The van der Waals surface area contributed by atoms with Crippen molar-refractivity contribution in [2.75, 3.05) is 33.4 Å². The molecule has 0 unspecified atom stereocenters. The number of nitrogens with two attached hydrogens (primary N) is 1. The summed E-state index contributed by atoms with van der Waals surface area (Å²) in [5, 5.41) is 5.09. The van der Waals surface area contributed by atoms with Gasteiger partial charge in [-0.1, -0.05) is 0 Å². The minimum atomic E-state index is 0.789. The Balaban J connectivity index is 2.60. The van der Waals surface area contributed by atoms with E-state index in [0.717, 1.165) is 26.2 Å². The van der Waals surface area contributed by atoms with Gasteiger partial charge in [0.15, 0.2) is 0 Å². The second kappa shape index (κ2) is 7.88. The van der Waals surface area contributed by atoms with Gasteiger partial charge in [-0.05, 0) is 0 Å². The molecule has 9 heavy (non-hydrogen) atoms. The van der Waals surface area contributed by atoms with E-state index >= 15 is 0 Å². The van der Waals surface area contributed by atoms with Gasteiger partial charge in [-0.15, -0.1) is 0 Å². The highest BCUT2D eigenvalue weighted by molar-refractivity contribution is 4.41. The predicted octanol–water partition coefficient (Wildman–Crippen LogP) is -1.42. The lowest BCUT2D eigenvalue weighted by Gasteiger charge is -2.02. The van der Waals surface area contributed by atoms with Crippen molar-refractivity contribution in [2.24, 2.45) is 0 Å². The molecular weight excluding hydrogens is 116 g/mol. The van der Waals surface area contributed by atoms with Crippen LogP contribution in [0.2, 0.25) is 0 Å². The number of hydrogen-bond donors (Lipinski definition) is 2. The zero-order valence-corrected chi connectivity index (χ0v) is 6.02. The number of hydrogen-bond acceptors (Lipinski definition) is 2. The highest BCUT2D eigenvalue weighted by Gasteiger charge is 1.83. The van der Waals surface area contributed by atoms with E-state index in [2.05, 4.69) is 12.4 Å². The van der Waals surface area contributed by atoms with Gasteiger partial charge in [0.05, 0.1) is 13.2 Å². The summed E-state index contributed by atoms with van der Waals surface area (Å²) >= 11 is 0. The third-order valence-electron chi connectivity index (χ3n) is 1.01. The molecule has 3 N–H and O–H groups in total. The summed E-state index contributed by atoms with van der Waals surface area (Å²) in [6.07, 6.45) is 0. The first-order valence-corrected chi connectivity index (χ1v) is 3.22. The fourth-order valence-electron chi connectivity index (χ4n) is 0.503. The van der Waals surface area contributed by atoms with Crippen molar-refractivity contribution in [1.29, 1.82) is 0 Å². The Kier molecular flexibility index (Phi) is 7.77. The van der Waals surface area contributed by atoms with Crippen LogP contribution in [0, 0.1) is 7.05 Å². The third kappa shape index (κ3) is 7.88. The van der Waals surface area contributed by atoms with E-state index in [1.54, 1.807) is 7.11 Å². The molecule has 0 aromatic heterocycles. The Bertz CT molecular complexity index is 44.3. The third-order valence-corrected chi connectivity index (χ3v) is 1.01. The molecule has 0 aliphatic heterocycles. The summed E-state index contributed by atoms with van der Waals surface area (Å²) in [6.45, 7) is 3.76. The molecule has 0 fully saturated rings. The Morgan fingerprint density at radius 3 is 2.89 bits per heavy atom. The highest BCUT2D eigenvalue weighted by atomic mass is 16.5. The molecule has 0 aliphatic rings. The molecule has 0 aromatic carbocycles. The summed E-state index contributed by atoms with van der Waals surface area (Å²) in [4.78, 5) is 0. The molecule has 3 nitrogen and oxygen atoms in total. The maximum absolute atomic E-state index is 4.83. The largest absolute Gasteiger partial charge is 0.478 e. The smallest absolute Gasteiger partial charge is 0.0642 e. The number of rotatable bonds is 6. The van der Waals surface area contributed by atoms with Gasteiger partial charge >= 0.3 is 0 Å². The van der Waals surface area contributed by atoms with Gasteiger partial charge in [0, 0.05) is 20.2 Å². The van der Waals surface area contributed by atoms with E-state index in [1.807, 2.05) is 5.32 Å². The van der Waals surface area contributed by atoms with Crippen molar-refractivity contribution in [3.05, 3.63) is 7.05 Å². The van der Waals surface area contributed by atoms with Crippen LogP contribution in [-0.2, 0) is 4.74 Å². The average Bonchev–Trinajstić information content (AvgIpc) is 1.89. The standard InChI is InChI=1S/C6H16N2O/c1-7-3-4-8-5-6-9-2/h8H,1,3-7H2,2H3. The van der Waals surface area contributed by atoms with Crippen molar-refractivity contribution < 1.29 is 10.1 Å². The van der Waals surface area contributed by atoms with Gasteiger partial charge in [0.25, 0.3) is 0 Å². The van der Waals surface area contributed by atoms with Gasteiger partial charge in [-0.25, -0.2) is 0 Å². The molecule has 0 spiro atoms. The van der Waals surface area contributed by atoms with E-state index in [9.17, 15) is 0 Å². The van der Waals surface area contributed by atoms with Crippen LogP contribution in [0.5, 0.6) is 0 Å². The number of ether oxygens (including phenoxy) is 1. The maximum Gasteiger partial charge on any atom is 0.0642 e. The molecular formula is C6H16N2O. The number of nitrogens with one attached hydrogen (secondary N) is 1. The summed E-state index contributed by atoms with van der Waals surface area (Å²) < 4.78 is 4.83. The van der Waals surface area contributed by atoms with E-state index in [1.165, 1.54) is 0 Å². The average molecular weight is 132 g/mol. The molecule has 3 heteroatoms. The van der Waals surface area contributed by atoms with Crippen LogP contribution in [0.15, 0.2) is 0 Å². The SMILES string of the molecule is [CH2-][NH2+]CCNCCOC. The monoisotopic (exact) mass is 132 g/mol. The summed E-state index contributed by atoms with van der Waals surface area (Å²) in [5.41, 5.74) is 0. The zero-order chi connectivity index (χ0) is 6.95. The molecule has 0 heterocycles. The van der Waals surface area contributed by atoms with Crippen molar-refractivity contribution >= 4 is 0 Å². The van der Waals surface area contributed by atoms with Crippen molar-refractivity contribution in [3.63, 3.8) is 0 Å². The first-order valence-electron chi connectivity index (χ1n) is 3.22. The van der Waals surface area contributed by atoms with Crippen molar-refractivity contribution in [1.82, 2.24) is 5.32 Å². The maximum atomic E-state index is 4.83. The topological polar surface area (TPSA) is 37.9 Å². The van der Waals surface area contributed by atoms with Crippen molar-refractivity contribution in [3.8, 4) is 0 Å². The van der Waals surface area contributed by atoms with Gasteiger partial charge in [-0.3, -0.25) is 0 Å². The van der Waals surface area contributed by atoms with Crippen LogP contribution in [0.4, 0.5) is 0 Å². The summed E-state index contributed by atoms with van der Waals surface area (Å²) in [7, 11) is 5.31. The first-order chi connectivity index (χ1) is 4.41. The van der Waals surface area contributed by atoms with E-state index in [4.69, 9.17) is 4.74 Å². The van der Waals surface area contributed by atoms with Crippen LogP contribution in [0.1, 0.15) is 0 Å². The lowest BCUT2D eigenvalue weighted by atomic mass is 10.6. The fourth-order valence-corrected chi connectivity index (χ4v) is 0.503. The van der Waals surface area contributed by atoms with Crippen LogP contribution in [0.25, 0.3) is 0 Å². The quantitative estimate of drug-likeness (QED) is 0.344. The van der Waals surface area contributed by atoms with Crippen LogP contribution in [0.3, 0.4) is 0 Å². The van der Waals surface area contributed by atoms with Gasteiger partial charge in [0.1, 0.15) is 0 Å².